The number of hydrogen-bond acceptors (Lipinski definition) is 5. The van der Waals surface area contributed by atoms with Crippen LogP contribution in [0.15, 0.2) is 24.5 Å². The van der Waals surface area contributed by atoms with Crippen LogP contribution in [-0.2, 0) is 4.74 Å². The first-order valence-corrected chi connectivity index (χ1v) is 5.82. The molecule has 0 fully saturated rings. The van der Waals surface area contributed by atoms with Crippen molar-refractivity contribution in [1.82, 2.24) is 14.8 Å². The molecule has 6 nitrogen and oxygen atoms in total. The molecule has 2 rings (SSSR count). The summed E-state index contributed by atoms with van der Waals surface area (Å²) in [5.74, 6) is 0.252. The highest BCUT2D eigenvalue weighted by Gasteiger charge is 2.14. The van der Waals surface area contributed by atoms with Crippen molar-refractivity contribution in [3.05, 3.63) is 35.8 Å². The predicted octanol–water partition coefficient (Wildman–Crippen LogP) is 1.80. The molecule has 0 N–H and O–H groups in total. The molecule has 2 heterocycles. The zero-order valence-electron chi connectivity index (χ0n) is 11.1. The summed E-state index contributed by atoms with van der Waals surface area (Å²) in [6, 6.07) is 5.25. The molecule has 0 radical (unpaired) electrons. The molecular weight excluding hydrogens is 263 g/mol. The van der Waals surface area contributed by atoms with Gasteiger partial charge in [-0.2, -0.15) is 10.4 Å². The predicted molar refractivity (Wildman–Crippen MR) is 68.4 cm³/mol. The van der Waals surface area contributed by atoms with E-state index in [1.807, 2.05) is 6.07 Å². The fraction of sp³-hybridized carbons (Fsp3) is 0.308. The molecule has 104 valence electrons. The Balaban J connectivity index is 2.35. The average Bonchev–Trinajstić information content (AvgIpc) is 2.97. The quantitative estimate of drug-likeness (QED) is 0.832. The van der Waals surface area contributed by atoms with Crippen molar-refractivity contribution < 1.29 is 13.9 Å². The van der Waals surface area contributed by atoms with Crippen LogP contribution in [0.5, 0.6) is 5.88 Å². The molecule has 0 spiro atoms. The third kappa shape index (κ3) is 2.60. The summed E-state index contributed by atoms with van der Waals surface area (Å²) < 4.78 is 24.2. The van der Waals surface area contributed by atoms with E-state index in [1.54, 1.807) is 18.3 Å². The topological polar surface area (TPSA) is 73.0 Å². The van der Waals surface area contributed by atoms with Crippen LogP contribution in [0.2, 0.25) is 0 Å². The van der Waals surface area contributed by atoms with Crippen molar-refractivity contribution in [3.8, 4) is 17.6 Å². The van der Waals surface area contributed by atoms with Gasteiger partial charge in [0.05, 0.1) is 24.7 Å². The van der Waals surface area contributed by atoms with E-state index in [0.29, 0.717) is 16.9 Å². The summed E-state index contributed by atoms with van der Waals surface area (Å²) in [6.45, 7) is -0.655. The van der Waals surface area contributed by atoms with Crippen LogP contribution in [0.1, 0.15) is 17.4 Å². The van der Waals surface area contributed by atoms with E-state index in [1.165, 1.54) is 25.1 Å². The number of alkyl halides is 1. The second-order valence-corrected chi connectivity index (χ2v) is 3.93. The number of aromatic nitrogens is 3. The van der Waals surface area contributed by atoms with Crippen molar-refractivity contribution in [1.29, 1.82) is 5.26 Å². The zero-order valence-corrected chi connectivity index (χ0v) is 11.1. The Labute approximate surface area is 115 Å². The lowest BCUT2D eigenvalue weighted by molar-refractivity contribution is 0.0758. The summed E-state index contributed by atoms with van der Waals surface area (Å²) >= 11 is 0. The molecule has 0 bridgehead atoms. The van der Waals surface area contributed by atoms with Crippen LogP contribution >= 0.6 is 0 Å². The van der Waals surface area contributed by atoms with Gasteiger partial charge >= 0.3 is 0 Å². The zero-order chi connectivity index (χ0) is 14.5. The van der Waals surface area contributed by atoms with Crippen LogP contribution in [0.25, 0.3) is 5.69 Å². The fourth-order valence-corrected chi connectivity index (χ4v) is 1.73. The molecule has 0 unspecified atom stereocenters. The first-order chi connectivity index (χ1) is 9.73. The number of nitriles is 1. The van der Waals surface area contributed by atoms with E-state index in [-0.39, 0.29) is 5.88 Å². The van der Waals surface area contributed by atoms with E-state index in [9.17, 15) is 4.39 Å². The second-order valence-electron chi connectivity index (χ2n) is 3.93. The fourth-order valence-electron chi connectivity index (χ4n) is 1.73. The van der Waals surface area contributed by atoms with Gasteiger partial charge in [-0.15, -0.1) is 0 Å². The van der Waals surface area contributed by atoms with Gasteiger partial charge in [-0.1, -0.05) is 0 Å². The number of halogens is 1. The molecule has 20 heavy (non-hydrogen) atoms. The number of methoxy groups -OCH3 is 2. The molecule has 2 aromatic rings. The molecule has 0 saturated carbocycles. The molecule has 0 aromatic carbocycles. The molecule has 0 aliphatic carbocycles. The highest BCUT2D eigenvalue weighted by atomic mass is 19.1. The van der Waals surface area contributed by atoms with Crippen LogP contribution in [0.4, 0.5) is 4.39 Å². The lowest BCUT2D eigenvalue weighted by Gasteiger charge is -2.08. The number of nitrogens with zero attached hydrogens (tertiary/aromatic N) is 4. The molecular formula is C13H13FN4O2. The number of pyridine rings is 1. The van der Waals surface area contributed by atoms with Gasteiger partial charge in [0.2, 0.25) is 5.88 Å². The third-order valence-corrected chi connectivity index (χ3v) is 2.78. The maximum atomic E-state index is 12.7. The van der Waals surface area contributed by atoms with Gasteiger partial charge < -0.3 is 9.47 Å². The first kappa shape index (κ1) is 14.0. The molecule has 0 amide bonds. The summed E-state index contributed by atoms with van der Waals surface area (Å²) in [5.41, 5.74) is 1.36. The van der Waals surface area contributed by atoms with E-state index in [4.69, 9.17) is 14.7 Å². The minimum Gasteiger partial charge on any atom is -0.480 e. The minimum atomic E-state index is -0.696. The van der Waals surface area contributed by atoms with E-state index < -0.39 is 12.8 Å². The average molecular weight is 276 g/mol. The standard InChI is InChI=1S/C13H13FN4O2/c1-19-12(6-14)11-3-4-18(17-11)10-5-9(7-15)13(20-2)16-8-10/h3-5,8,12H,6H2,1-2H3/t12-/m1/s1. The highest BCUT2D eigenvalue weighted by molar-refractivity contribution is 5.45. The normalized spacial score (nSPS) is 11.9. The van der Waals surface area contributed by atoms with Gasteiger partial charge in [0.25, 0.3) is 0 Å². The molecule has 0 aliphatic rings. The van der Waals surface area contributed by atoms with Crippen molar-refractivity contribution >= 4 is 0 Å². The molecule has 7 heteroatoms. The second kappa shape index (κ2) is 6.12. The Hall–Kier alpha value is -2.46. The monoisotopic (exact) mass is 276 g/mol. The Morgan fingerprint density at radius 2 is 2.30 bits per heavy atom. The van der Waals surface area contributed by atoms with Crippen molar-refractivity contribution in [2.45, 2.75) is 6.10 Å². The van der Waals surface area contributed by atoms with Gasteiger partial charge in [0.1, 0.15) is 24.4 Å². The number of ether oxygens (including phenoxy) is 2. The van der Waals surface area contributed by atoms with E-state index in [2.05, 4.69) is 10.1 Å². The first-order valence-electron chi connectivity index (χ1n) is 5.82. The summed E-state index contributed by atoms with van der Waals surface area (Å²) in [4.78, 5) is 4.03. The largest absolute Gasteiger partial charge is 0.480 e. The Bertz CT molecular complexity index is 632. The lowest BCUT2D eigenvalue weighted by Crippen LogP contribution is -2.06. The molecule has 0 saturated heterocycles. The maximum Gasteiger partial charge on any atom is 0.231 e. The van der Waals surface area contributed by atoms with Crippen molar-refractivity contribution in [3.63, 3.8) is 0 Å². The van der Waals surface area contributed by atoms with Crippen LogP contribution in [-0.4, -0.2) is 35.7 Å². The minimum absolute atomic E-state index is 0.252. The van der Waals surface area contributed by atoms with Gasteiger partial charge in [-0.3, -0.25) is 0 Å². The smallest absolute Gasteiger partial charge is 0.231 e. The third-order valence-electron chi connectivity index (χ3n) is 2.78. The van der Waals surface area contributed by atoms with E-state index in [0.717, 1.165) is 0 Å². The van der Waals surface area contributed by atoms with Gasteiger partial charge in [0.15, 0.2) is 0 Å². The maximum absolute atomic E-state index is 12.7. The van der Waals surface area contributed by atoms with Crippen LogP contribution in [0.3, 0.4) is 0 Å². The Kier molecular flexibility index (Phi) is 4.27. The van der Waals surface area contributed by atoms with Crippen LogP contribution < -0.4 is 4.74 Å². The molecule has 0 aliphatic heterocycles. The summed E-state index contributed by atoms with van der Waals surface area (Å²) in [6.07, 6.45) is 2.48. The highest BCUT2D eigenvalue weighted by Crippen LogP contribution is 2.19. The Morgan fingerprint density at radius 3 is 2.90 bits per heavy atom. The summed E-state index contributed by atoms with van der Waals surface area (Å²) in [7, 11) is 2.87. The van der Waals surface area contributed by atoms with Crippen molar-refractivity contribution in [2.75, 3.05) is 20.9 Å². The Morgan fingerprint density at radius 1 is 1.50 bits per heavy atom. The lowest BCUT2D eigenvalue weighted by atomic mass is 10.3. The van der Waals surface area contributed by atoms with Gasteiger partial charge in [-0.05, 0) is 12.1 Å². The molecule has 2 aromatic heterocycles. The van der Waals surface area contributed by atoms with Gasteiger partial charge in [-0.25, -0.2) is 14.1 Å². The van der Waals surface area contributed by atoms with Crippen LogP contribution in [0, 0.1) is 11.3 Å². The number of rotatable bonds is 5. The van der Waals surface area contributed by atoms with Gasteiger partial charge in [0, 0.05) is 13.3 Å². The molecule has 1 atom stereocenters. The summed E-state index contributed by atoms with van der Waals surface area (Å²) in [5, 5.41) is 13.2. The van der Waals surface area contributed by atoms with E-state index >= 15 is 0 Å². The number of hydrogen-bond donors (Lipinski definition) is 0. The SMILES string of the molecule is COc1ncc(-n2ccc([C@@H](CF)OC)n2)cc1C#N. The van der Waals surface area contributed by atoms with Crippen molar-refractivity contribution in [2.24, 2.45) is 0 Å².